The van der Waals surface area contributed by atoms with E-state index in [1.54, 1.807) is 12.1 Å². The molecule has 1 N–H and O–H groups in total. The number of rotatable bonds is 4. The molecule has 21 heavy (non-hydrogen) atoms. The van der Waals surface area contributed by atoms with Crippen LogP contribution in [0.25, 0.3) is 0 Å². The highest BCUT2D eigenvalue weighted by atomic mass is 32.2. The monoisotopic (exact) mass is 314 g/mol. The van der Waals surface area contributed by atoms with Crippen LogP contribution in [0.4, 0.5) is 4.39 Å². The summed E-state index contributed by atoms with van der Waals surface area (Å²) in [5, 5.41) is 2.69. The molecule has 0 aliphatic carbocycles. The summed E-state index contributed by atoms with van der Waals surface area (Å²) in [7, 11) is -3.40. The van der Waals surface area contributed by atoms with E-state index in [9.17, 15) is 17.6 Å². The summed E-state index contributed by atoms with van der Waals surface area (Å²) < 4.78 is 37.7. The van der Waals surface area contributed by atoms with Crippen LogP contribution < -0.4 is 5.32 Å². The molecule has 1 fully saturated rings. The predicted octanol–water partition coefficient (Wildman–Crippen LogP) is 1.26. The second-order valence-electron chi connectivity index (χ2n) is 5.23. The van der Waals surface area contributed by atoms with Crippen LogP contribution in [-0.4, -0.2) is 37.5 Å². The zero-order chi connectivity index (χ0) is 15.5. The molecule has 116 valence electrons. The Morgan fingerprint density at radius 3 is 2.86 bits per heavy atom. The first-order valence-electron chi connectivity index (χ1n) is 6.87. The van der Waals surface area contributed by atoms with Gasteiger partial charge in [-0.15, -0.1) is 0 Å². The van der Waals surface area contributed by atoms with Crippen molar-refractivity contribution in [2.45, 2.75) is 31.8 Å². The van der Waals surface area contributed by atoms with Crippen LogP contribution >= 0.6 is 0 Å². The number of carbonyl (C=O) groups is 1. The lowest BCUT2D eigenvalue weighted by Crippen LogP contribution is -2.51. The zero-order valence-electron chi connectivity index (χ0n) is 11.9. The minimum absolute atomic E-state index is 0.185. The maximum Gasteiger partial charge on any atom is 0.238 e. The van der Waals surface area contributed by atoms with Gasteiger partial charge in [-0.2, -0.15) is 4.31 Å². The molecule has 0 bridgehead atoms. The minimum Gasteiger partial charge on any atom is -0.351 e. The molecule has 1 atom stereocenters. The molecule has 0 radical (unpaired) electrons. The molecular weight excluding hydrogens is 295 g/mol. The van der Waals surface area contributed by atoms with Crippen LogP contribution in [0.3, 0.4) is 0 Å². The van der Waals surface area contributed by atoms with Crippen molar-refractivity contribution in [1.29, 1.82) is 0 Å². The molecule has 1 aliphatic rings. The standard InChI is InChI=1S/C14H19FN2O3S/c1-21(19,20)17-8-3-2-7-13(17)14(18)16-10-11-5-4-6-12(15)9-11/h4-6,9,13H,2-3,7-8,10H2,1H3,(H,16,18)/t13-/m1/s1. The minimum atomic E-state index is -3.40. The van der Waals surface area contributed by atoms with Gasteiger partial charge in [-0.1, -0.05) is 18.6 Å². The highest BCUT2D eigenvalue weighted by molar-refractivity contribution is 7.88. The van der Waals surface area contributed by atoms with E-state index < -0.39 is 16.1 Å². The Morgan fingerprint density at radius 2 is 2.19 bits per heavy atom. The first-order valence-corrected chi connectivity index (χ1v) is 8.72. The lowest BCUT2D eigenvalue weighted by atomic mass is 10.0. The van der Waals surface area contributed by atoms with Gasteiger partial charge in [-0.3, -0.25) is 4.79 Å². The third kappa shape index (κ3) is 4.25. The largest absolute Gasteiger partial charge is 0.351 e. The Labute approximate surface area is 124 Å². The second kappa shape index (κ2) is 6.53. The number of piperidine rings is 1. The molecule has 1 saturated heterocycles. The Kier molecular flexibility index (Phi) is 4.95. The molecule has 7 heteroatoms. The summed E-state index contributed by atoms with van der Waals surface area (Å²) in [6, 6.07) is 5.29. The highest BCUT2D eigenvalue weighted by Gasteiger charge is 2.34. The van der Waals surface area contributed by atoms with Crippen molar-refractivity contribution in [2.24, 2.45) is 0 Å². The maximum absolute atomic E-state index is 13.1. The SMILES string of the molecule is CS(=O)(=O)N1CCCC[C@@H]1C(=O)NCc1cccc(F)c1. The maximum atomic E-state index is 13.1. The average Bonchev–Trinajstić information content (AvgIpc) is 2.44. The van der Waals surface area contributed by atoms with E-state index in [1.165, 1.54) is 16.4 Å². The van der Waals surface area contributed by atoms with Gasteiger partial charge in [0.15, 0.2) is 0 Å². The van der Waals surface area contributed by atoms with E-state index in [0.717, 1.165) is 19.1 Å². The topological polar surface area (TPSA) is 66.5 Å². The van der Waals surface area contributed by atoms with Crippen LogP contribution in [0, 0.1) is 5.82 Å². The molecule has 1 aromatic carbocycles. The molecule has 1 amide bonds. The molecule has 5 nitrogen and oxygen atoms in total. The van der Waals surface area contributed by atoms with Gasteiger partial charge in [0.25, 0.3) is 0 Å². The Morgan fingerprint density at radius 1 is 1.43 bits per heavy atom. The third-order valence-corrected chi connectivity index (χ3v) is 4.83. The molecular formula is C14H19FN2O3S. The van der Waals surface area contributed by atoms with Crippen molar-refractivity contribution < 1.29 is 17.6 Å². The van der Waals surface area contributed by atoms with E-state index in [0.29, 0.717) is 18.5 Å². The molecule has 1 heterocycles. The lowest BCUT2D eigenvalue weighted by Gasteiger charge is -2.32. The fraction of sp³-hybridized carbons (Fsp3) is 0.500. The first kappa shape index (κ1) is 15.9. The number of sulfonamides is 1. The number of carbonyl (C=O) groups excluding carboxylic acids is 1. The second-order valence-corrected chi connectivity index (χ2v) is 7.17. The van der Waals surface area contributed by atoms with E-state index in [-0.39, 0.29) is 18.3 Å². The molecule has 1 aliphatic heterocycles. The molecule has 0 unspecified atom stereocenters. The van der Waals surface area contributed by atoms with Gasteiger partial charge in [0, 0.05) is 13.1 Å². The first-order chi connectivity index (χ1) is 9.88. The number of hydrogen-bond donors (Lipinski definition) is 1. The average molecular weight is 314 g/mol. The van der Waals surface area contributed by atoms with E-state index >= 15 is 0 Å². The van der Waals surface area contributed by atoms with Gasteiger partial charge >= 0.3 is 0 Å². The van der Waals surface area contributed by atoms with Gasteiger partial charge in [0.05, 0.1) is 6.26 Å². The summed E-state index contributed by atoms with van der Waals surface area (Å²) >= 11 is 0. The van der Waals surface area contributed by atoms with Crippen molar-refractivity contribution in [3.05, 3.63) is 35.6 Å². The fourth-order valence-corrected chi connectivity index (χ4v) is 3.64. The van der Waals surface area contributed by atoms with Gasteiger partial charge in [0.1, 0.15) is 11.9 Å². The van der Waals surface area contributed by atoms with Crippen molar-refractivity contribution in [3.63, 3.8) is 0 Å². The molecule has 1 aromatic rings. The lowest BCUT2D eigenvalue weighted by molar-refractivity contribution is -0.125. The van der Waals surface area contributed by atoms with Crippen LogP contribution in [-0.2, 0) is 21.4 Å². The fourth-order valence-electron chi connectivity index (χ4n) is 2.52. The highest BCUT2D eigenvalue weighted by Crippen LogP contribution is 2.20. The van der Waals surface area contributed by atoms with Gasteiger partial charge in [-0.05, 0) is 30.5 Å². The summed E-state index contributed by atoms with van der Waals surface area (Å²) in [6.07, 6.45) is 3.22. The number of halogens is 1. The molecule has 0 spiro atoms. The van der Waals surface area contributed by atoms with Gasteiger partial charge in [0.2, 0.25) is 15.9 Å². The molecule has 2 rings (SSSR count). The van der Waals surface area contributed by atoms with E-state index in [1.807, 2.05) is 0 Å². The van der Waals surface area contributed by atoms with Crippen molar-refractivity contribution in [2.75, 3.05) is 12.8 Å². The smallest absolute Gasteiger partial charge is 0.238 e. The Bertz CT molecular complexity index is 618. The van der Waals surface area contributed by atoms with Gasteiger partial charge < -0.3 is 5.32 Å². The summed E-state index contributed by atoms with van der Waals surface area (Å²) in [5.74, 6) is -0.693. The number of nitrogens with one attached hydrogen (secondary N) is 1. The Hall–Kier alpha value is -1.47. The van der Waals surface area contributed by atoms with Crippen LogP contribution in [0.5, 0.6) is 0 Å². The number of hydrogen-bond acceptors (Lipinski definition) is 3. The van der Waals surface area contributed by atoms with Crippen LogP contribution in [0.15, 0.2) is 24.3 Å². The molecule has 0 aromatic heterocycles. The summed E-state index contributed by atoms with van der Waals surface area (Å²) in [5.41, 5.74) is 0.644. The van der Waals surface area contributed by atoms with E-state index in [4.69, 9.17) is 0 Å². The number of nitrogens with zero attached hydrogens (tertiary/aromatic N) is 1. The number of amides is 1. The quantitative estimate of drug-likeness (QED) is 0.910. The van der Waals surface area contributed by atoms with Crippen molar-refractivity contribution in [1.82, 2.24) is 9.62 Å². The zero-order valence-corrected chi connectivity index (χ0v) is 12.7. The third-order valence-electron chi connectivity index (χ3n) is 3.54. The van der Waals surface area contributed by atoms with Gasteiger partial charge in [-0.25, -0.2) is 12.8 Å². The number of benzene rings is 1. The van der Waals surface area contributed by atoms with E-state index in [2.05, 4.69) is 5.32 Å². The predicted molar refractivity (Wildman–Crippen MR) is 77.4 cm³/mol. The Balaban J connectivity index is 2.01. The van der Waals surface area contributed by atoms with Crippen LogP contribution in [0.2, 0.25) is 0 Å². The van der Waals surface area contributed by atoms with Crippen molar-refractivity contribution >= 4 is 15.9 Å². The molecule has 0 saturated carbocycles. The normalized spacial score (nSPS) is 20.2. The van der Waals surface area contributed by atoms with Crippen LogP contribution in [0.1, 0.15) is 24.8 Å². The summed E-state index contributed by atoms with van der Waals surface area (Å²) in [6.45, 7) is 0.557. The summed E-state index contributed by atoms with van der Waals surface area (Å²) in [4.78, 5) is 12.2. The van der Waals surface area contributed by atoms with Crippen molar-refractivity contribution in [3.8, 4) is 0 Å².